The van der Waals surface area contributed by atoms with Gasteiger partial charge in [0.1, 0.15) is 0 Å². The molecule has 0 bridgehead atoms. The van der Waals surface area contributed by atoms with Crippen LogP contribution < -0.4 is 0 Å². The molecule has 0 aliphatic rings. The van der Waals surface area contributed by atoms with Gasteiger partial charge >= 0.3 is 0 Å². The first-order valence-electron chi connectivity index (χ1n) is 23.4. The lowest BCUT2D eigenvalue weighted by molar-refractivity contribution is 1.06. The van der Waals surface area contributed by atoms with Crippen LogP contribution >= 0.6 is 11.3 Å². The van der Waals surface area contributed by atoms with Crippen molar-refractivity contribution < 1.29 is 21.9 Å². The van der Waals surface area contributed by atoms with Gasteiger partial charge in [0.2, 0.25) is 0 Å². The van der Waals surface area contributed by atoms with E-state index in [0.29, 0.717) is 11.0 Å². The smallest absolute Gasteiger partial charge is 0.166 e. The second-order valence-electron chi connectivity index (χ2n) is 11.2. The summed E-state index contributed by atoms with van der Waals surface area (Å²) in [7, 11) is 0. The van der Waals surface area contributed by atoms with Crippen LogP contribution in [0.5, 0.6) is 0 Å². The fourth-order valence-corrected chi connectivity index (χ4v) is 7.43. The van der Waals surface area contributed by atoms with E-state index in [0.717, 1.165) is 22.1 Å². The molecule has 7 aromatic carbocycles. The van der Waals surface area contributed by atoms with Gasteiger partial charge in [0.05, 0.1) is 38.7 Å². The van der Waals surface area contributed by atoms with Crippen molar-refractivity contribution in [3.63, 3.8) is 0 Å². The summed E-state index contributed by atoms with van der Waals surface area (Å²) in [6.07, 6.45) is 0. The summed E-state index contributed by atoms with van der Waals surface area (Å²) in [5.74, 6) is -1.19. The molecule has 0 unspecified atom stereocenters. The van der Waals surface area contributed by atoms with E-state index in [-0.39, 0.29) is 78.6 Å². The minimum Gasteiger partial charge on any atom is -0.308 e. The summed E-state index contributed by atoms with van der Waals surface area (Å²) in [4.78, 5) is 14.0. The maximum atomic E-state index is 9.54. The second kappa shape index (κ2) is 11.6. The lowest BCUT2D eigenvalue weighted by atomic mass is 9.97. The van der Waals surface area contributed by atoms with Gasteiger partial charge in [-0.15, -0.1) is 11.3 Å². The quantitative estimate of drug-likeness (QED) is 0.183. The van der Waals surface area contributed by atoms with Crippen molar-refractivity contribution in [2.75, 3.05) is 0 Å². The van der Waals surface area contributed by atoms with Gasteiger partial charge in [-0.3, -0.25) is 0 Å². The maximum absolute atomic E-state index is 9.54. The largest absolute Gasteiger partial charge is 0.308 e. The fraction of sp³-hybridized carbons (Fsp3) is 0. The number of thiophene rings is 1. The number of rotatable bonds is 5. The van der Waals surface area contributed by atoms with Crippen LogP contribution in [0.4, 0.5) is 0 Å². The van der Waals surface area contributed by atoms with Gasteiger partial charge in [0.15, 0.2) is 17.5 Å². The maximum Gasteiger partial charge on any atom is 0.166 e. The van der Waals surface area contributed by atoms with E-state index in [9.17, 15) is 1.37 Å². The molecule has 0 aliphatic heterocycles. The Labute approximate surface area is 315 Å². The molecule has 3 heterocycles. The number of hydrogen-bond acceptors (Lipinski definition) is 4. The molecule has 0 radical (unpaired) electrons. The Morgan fingerprint density at radius 2 is 1.04 bits per heavy atom. The zero-order valence-electron chi connectivity index (χ0n) is 41.6. The fourth-order valence-electron chi connectivity index (χ4n) is 6.33. The average Bonchev–Trinajstić information content (AvgIpc) is 3.87. The number of para-hydroxylation sites is 3. The predicted octanol–water partition coefficient (Wildman–Crippen LogP) is 12.0. The van der Waals surface area contributed by atoms with Crippen LogP contribution in [0, 0.1) is 0 Å². The highest BCUT2D eigenvalue weighted by Crippen LogP contribution is 2.45. The van der Waals surface area contributed by atoms with E-state index in [1.807, 2.05) is 53.1 Å². The van der Waals surface area contributed by atoms with Crippen molar-refractivity contribution in [1.29, 1.82) is 0 Å². The van der Waals surface area contributed by atoms with Gasteiger partial charge < -0.3 is 4.57 Å². The molecular weight excluding hydrogens is 629 g/mol. The van der Waals surface area contributed by atoms with Crippen LogP contribution in [-0.4, -0.2) is 19.5 Å². The van der Waals surface area contributed by atoms with Gasteiger partial charge in [-0.25, -0.2) is 15.0 Å². The number of fused-ring (bicyclic) bond motifs is 6. The number of benzene rings is 7. The molecule has 0 saturated heterocycles. The monoisotopic (exact) mass is 672 g/mol. The highest BCUT2D eigenvalue weighted by Gasteiger charge is 2.23. The first kappa shape index (κ1) is 16.8. The van der Waals surface area contributed by atoms with Crippen molar-refractivity contribution in [2.24, 2.45) is 0 Å². The van der Waals surface area contributed by atoms with Crippen molar-refractivity contribution in [1.82, 2.24) is 19.5 Å². The predicted molar refractivity (Wildman–Crippen MR) is 209 cm³/mol. The van der Waals surface area contributed by atoms with Crippen LogP contribution in [-0.2, 0) is 0 Å². The highest BCUT2D eigenvalue weighted by atomic mass is 32.1. The lowest BCUT2D eigenvalue weighted by Crippen LogP contribution is -2.05. The van der Waals surface area contributed by atoms with Crippen molar-refractivity contribution in [3.8, 4) is 51.0 Å². The van der Waals surface area contributed by atoms with E-state index in [2.05, 4.69) is 4.98 Å². The standard InChI is InChI=1S/C45H28N4S/c1-3-15-29(16-4-1)43-46-44(30-17-5-2-6-18-30)48-45(47-43)37-25-13-22-34(36-24-14-23-35-33-21-9-12-28-40(33)50-42(35)36)41(37)49-38-26-10-7-19-31(38)32-20-8-11-27-39(32)49/h1-28H/i1D,2D,3D,4D,5D,6D,9D,14D,15D,16D,17D,18D,21D,23D,24D,28D. The van der Waals surface area contributed by atoms with Crippen molar-refractivity contribution in [3.05, 3.63) is 169 Å². The number of hydrogen-bond donors (Lipinski definition) is 0. The van der Waals surface area contributed by atoms with Crippen molar-refractivity contribution in [2.45, 2.75) is 0 Å². The van der Waals surface area contributed by atoms with Crippen LogP contribution in [0.2, 0.25) is 0 Å². The molecule has 4 nitrogen and oxygen atoms in total. The number of aromatic nitrogens is 4. The van der Waals surface area contributed by atoms with E-state index < -0.39 is 89.2 Å². The average molecular weight is 673 g/mol. The van der Waals surface area contributed by atoms with E-state index >= 15 is 0 Å². The Bertz CT molecular complexity index is 3610. The first-order valence-corrected chi connectivity index (χ1v) is 16.2. The minimum absolute atomic E-state index is 0.0717. The van der Waals surface area contributed by atoms with Gasteiger partial charge in [-0.1, -0.05) is 145 Å². The van der Waals surface area contributed by atoms with Gasteiger partial charge in [0.25, 0.3) is 0 Å². The molecule has 0 amide bonds. The minimum atomic E-state index is -0.700. The summed E-state index contributed by atoms with van der Waals surface area (Å²) in [5.41, 5.74) is 1.27. The summed E-state index contributed by atoms with van der Waals surface area (Å²) in [6, 6.07) is 12.5. The third kappa shape index (κ3) is 4.55. The molecule has 234 valence electrons. The van der Waals surface area contributed by atoms with Crippen molar-refractivity contribution >= 4 is 53.3 Å². The van der Waals surface area contributed by atoms with Crippen LogP contribution in [0.3, 0.4) is 0 Å². The van der Waals surface area contributed by atoms with E-state index in [4.69, 9.17) is 30.5 Å². The molecule has 0 aliphatic carbocycles. The Morgan fingerprint density at radius 1 is 0.440 bits per heavy atom. The first-order chi connectivity index (χ1) is 31.4. The zero-order valence-corrected chi connectivity index (χ0v) is 26.4. The molecule has 0 fully saturated rings. The van der Waals surface area contributed by atoms with E-state index in [1.54, 1.807) is 18.2 Å². The molecule has 10 aromatic rings. The molecule has 10 rings (SSSR count). The van der Waals surface area contributed by atoms with Gasteiger partial charge in [-0.2, -0.15) is 0 Å². The molecule has 3 aromatic heterocycles. The molecule has 0 N–H and O–H groups in total. The lowest BCUT2D eigenvalue weighted by Gasteiger charge is -2.19. The second-order valence-corrected chi connectivity index (χ2v) is 12.2. The molecular formula is C45H28N4S. The van der Waals surface area contributed by atoms with Crippen LogP contribution in [0.15, 0.2) is 169 Å². The summed E-state index contributed by atoms with van der Waals surface area (Å²) in [5, 5.41) is 1.87. The highest BCUT2D eigenvalue weighted by molar-refractivity contribution is 7.26. The molecule has 0 saturated carbocycles. The Hall–Kier alpha value is -6.43. The Balaban J connectivity index is 1.42. The SMILES string of the molecule is [2H]c1cc([2H])c2sc3c(-c4cccc(-c5nc(-c6c([2H])c([2H])c([2H])c([2H])c6[2H])nc(-c6c([2H])c([2H])c([2H])c([2H])c6[2H])n5)c4-n4c5ccccc5c5ccccc54)c([2H])c([2H])c([2H])c3c2c1[2H]. The molecule has 0 atom stereocenters. The normalized spacial score (nSPS) is 16.1. The Kier molecular flexibility index (Phi) is 3.90. The third-order valence-electron chi connectivity index (χ3n) is 8.42. The Morgan fingerprint density at radius 3 is 1.72 bits per heavy atom. The summed E-state index contributed by atoms with van der Waals surface area (Å²) >= 11 is 1.05. The zero-order chi connectivity index (χ0) is 46.9. The van der Waals surface area contributed by atoms with Crippen LogP contribution in [0.25, 0.3) is 93.0 Å². The molecule has 0 spiro atoms. The topological polar surface area (TPSA) is 43.6 Å². The van der Waals surface area contributed by atoms with Gasteiger partial charge in [-0.05, 0) is 24.2 Å². The summed E-state index contributed by atoms with van der Waals surface area (Å²) < 4.78 is 142. The molecule has 50 heavy (non-hydrogen) atoms. The third-order valence-corrected chi connectivity index (χ3v) is 9.55. The number of nitrogens with zero attached hydrogens (tertiary/aromatic N) is 4. The summed E-state index contributed by atoms with van der Waals surface area (Å²) in [6.45, 7) is 0. The van der Waals surface area contributed by atoms with Gasteiger partial charge in [0, 0.05) is 58.8 Å². The molecule has 5 heteroatoms. The van der Waals surface area contributed by atoms with E-state index in [1.165, 1.54) is 6.07 Å². The van der Waals surface area contributed by atoms with Crippen LogP contribution in [0.1, 0.15) is 21.9 Å².